The molecule has 0 aromatic heterocycles. The maximum Gasteiger partial charge on any atom is 0.573 e. The molecule has 0 fully saturated rings. The van der Waals surface area contributed by atoms with Gasteiger partial charge < -0.3 is 4.74 Å². The lowest BCUT2D eigenvalue weighted by molar-refractivity contribution is -0.274. The van der Waals surface area contributed by atoms with Crippen molar-refractivity contribution in [1.29, 1.82) is 0 Å². The van der Waals surface area contributed by atoms with Crippen molar-refractivity contribution in [1.82, 2.24) is 0 Å². The van der Waals surface area contributed by atoms with E-state index in [4.69, 9.17) is 0 Å². The van der Waals surface area contributed by atoms with Crippen molar-refractivity contribution in [3.63, 3.8) is 0 Å². The molecule has 0 radical (unpaired) electrons. The summed E-state index contributed by atoms with van der Waals surface area (Å²) in [4.78, 5) is 0. The highest BCUT2D eigenvalue weighted by molar-refractivity contribution is 5.49. The fourth-order valence-electron chi connectivity index (χ4n) is 4.17. The third-order valence-corrected chi connectivity index (χ3v) is 5.89. The summed E-state index contributed by atoms with van der Waals surface area (Å²) in [7, 11) is 0. The second-order valence-corrected chi connectivity index (χ2v) is 8.04. The zero-order valence-corrected chi connectivity index (χ0v) is 17.9. The highest BCUT2D eigenvalue weighted by atomic mass is 19.4. The van der Waals surface area contributed by atoms with E-state index in [9.17, 15) is 17.6 Å². The maximum atomic E-state index is 15.1. The van der Waals surface area contributed by atoms with Gasteiger partial charge in [-0.15, -0.1) is 13.2 Å². The van der Waals surface area contributed by atoms with Gasteiger partial charge in [-0.1, -0.05) is 37.0 Å². The molecule has 1 aliphatic rings. The molecule has 33 heavy (non-hydrogen) atoms. The van der Waals surface area contributed by atoms with Gasteiger partial charge in [0, 0.05) is 5.56 Å². The number of alkyl halides is 3. The highest BCUT2D eigenvalue weighted by Gasteiger charge is 2.31. The first-order chi connectivity index (χ1) is 15.7. The van der Waals surface area contributed by atoms with Crippen molar-refractivity contribution in [3.05, 3.63) is 99.6 Å². The van der Waals surface area contributed by atoms with Gasteiger partial charge in [-0.25, -0.2) is 8.78 Å². The van der Waals surface area contributed by atoms with Crippen LogP contribution >= 0.6 is 0 Å². The molecular weight excluding hydrogens is 435 g/mol. The standard InChI is InChI=1S/C27H21F5O/c1-2-17-6-13-23(25(28)15-17)20-10-14-24-21(16-20)9-8-19(26(24)29)7-3-18-4-11-22(12-5-18)33-27(30,31)32/h4-6,8-9,11-13,15,20H,2,10,14,16H2,1H3. The van der Waals surface area contributed by atoms with Crippen LogP contribution in [0.25, 0.3) is 0 Å². The quantitative estimate of drug-likeness (QED) is 0.302. The first-order valence-electron chi connectivity index (χ1n) is 10.7. The number of halogens is 5. The Kier molecular flexibility index (Phi) is 6.42. The lowest BCUT2D eigenvalue weighted by Crippen LogP contribution is -2.16. The summed E-state index contributed by atoms with van der Waals surface area (Å²) in [6, 6.07) is 13.9. The highest BCUT2D eigenvalue weighted by Crippen LogP contribution is 2.36. The monoisotopic (exact) mass is 456 g/mol. The SMILES string of the molecule is CCc1ccc(C2CCc3c(ccc(C#Cc4ccc(OC(F)(F)F)cc4)c3F)C2)c(F)c1. The predicted octanol–water partition coefficient (Wildman–Crippen LogP) is 7.10. The Morgan fingerprint density at radius 2 is 1.73 bits per heavy atom. The van der Waals surface area contributed by atoms with Crippen molar-refractivity contribution in [2.24, 2.45) is 0 Å². The molecule has 1 nitrogen and oxygen atoms in total. The lowest BCUT2D eigenvalue weighted by Gasteiger charge is -2.26. The molecule has 6 heteroatoms. The van der Waals surface area contributed by atoms with Crippen LogP contribution in [0.1, 0.15) is 52.6 Å². The summed E-state index contributed by atoms with van der Waals surface area (Å²) >= 11 is 0. The smallest absolute Gasteiger partial charge is 0.406 e. The van der Waals surface area contributed by atoms with Crippen LogP contribution in [0.4, 0.5) is 22.0 Å². The van der Waals surface area contributed by atoms with E-state index < -0.39 is 12.2 Å². The van der Waals surface area contributed by atoms with Gasteiger partial charge in [-0.3, -0.25) is 0 Å². The van der Waals surface area contributed by atoms with Crippen LogP contribution in [0.3, 0.4) is 0 Å². The number of benzene rings is 3. The number of rotatable bonds is 3. The minimum Gasteiger partial charge on any atom is -0.406 e. The molecule has 0 spiro atoms. The van der Waals surface area contributed by atoms with E-state index in [0.29, 0.717) is 36.0 Å². The Morgan fingerprint density at radius 1 is 0.970 bits per heavy atom. The Bertz CT molecular complexity index is 1220. The van der Waals surface area contributed by atoms with E-state index in [-0.39, 0.29) is 23.0 Å². The lowest BCUT2D eigenvalue weighted by atomic mass is 9.79. The molecule has 0 saturated heterocycles. The van der Waals surface area contributed by atoms with Crippen molar-refractivity contribution >= 4 is 0 Å². The molecule has 0 heterocycles. The zero-order chi connectivity index (χ0) is 23.6. The van der Waals surface area contributed by atoms with E-state index in [0.717, 1.165) is 29.7 Å². The number of hydrogen-bond acceptors (Lipinski definition) is 1. The number of fused-ring (bicyclic) bond motifs is 1. The molecule has 0 N–H and O–H groups in total. The van der Waals surface area contributed by atoms with E-state index in [1.165, 1.54) is 12.1 Å². The van der Waals surface area contributed by atoms with E-state index in [1.807, 2.05) is 25.1 Å². The van der Waals surface area contributed by atoms with Crippen LogP contribution < -0.4 is 4.74 Å². The number of hydrogen-bond donors (Lipinski definition) is 0. The Labute approximate surface area is 189 Å². The van der Waals surface area contributed by atoms with Crippen LogP contribution in [0.5, 0.6) is 5.75 Å². The summed E-state index contributed by atoms with van der Waals surface area (Å²) in [6.45, 7) is 1.98. The maximum absolute atomic E-state index is 15.1. The topological polar surface area (TPSA) is 9.23 Å². The Morgan fingerprint density at radius 3 is 2.39 bits per heavy atom. The van der Waals surface area contributed by atoms with Gasteiger partial charge in [0.05, 0.1) is 5.56 Å². The average molecular weight is 456 g/mol. The molecule has 1 unspecified atom stereocenters. The first-order valence-corrected chi connectivity index (χ1v) is 10.7. The minimum absolute atomic E-state index is 0.00262. The molecule has 1 aliphatic carbocycles. The molecular formula is C27H21F5O. The van der Waals surface area contributed by atoms with Gasteiger partial charge in [-0.05, 0) is 90.3 Å². The fourth-order valence-corrected chi connectivity index (χ4v) is 4.17. The Balaban J connectivity index is 1.51. The van der Waals surface area contributed by atoms with Crippen LogP contribution in [-0.4, -0.2) is 6.36 Å². The summed E-state index contributed by atoms with van der Waals surface area (Å²) in [5, 5.41) is 0. The average Bonchev–Trinajstić information content (AvgIpc) is 2.78. The van der Waals surface area contributed by atoms with Crippen LogP contribution in [-0.2, 0) is 19.3 Å². The minimum atomic E-state index is -4.76. The second kappa shape index (κ2) is 9.27. The van der Waals surface area contributed by atoms with E-state index >= 15 is 4.39 Å². The third kappa shape index (κ3) is 5.36. The normalized spacial score (nSPS) is 15.4. The van der Waals surface area contributed by atoms with E-state index in [1.54, 1.807) is 12.1 Å². The second-order valence-electron chi connectivity index (χ2n) is 8.04. The first kappa shape index (κ1) is 22.8. The van der Waals surface area contributed by atoms with Gasteiger partial charge in [0.2, 0.25) is 0 Å². The van der Waals surface area contributed by atoms with Crippen LogP contribution in [0.2, 0.25) is 0 Å². The van der Waals surface area contributed by atoms with Crippen LogP contribution in [0, 0.1) is 23.5 Å². The predicted molar refractivity (Wildman–Crippen MR) is 116 cm³/mol. The van der Waals surface area contributed by atoms with Crippen molar-refractivity contribution in [3.8, 4) is 17.6 Å². The van der Waals surface area contributed by atoms with Gasteiger partial charge in [-0.2, -0.15) is 0 Å². The van der Waals surface area contributed by atoms with Crippen LogP contribution in [0.15, 0.2) is 54.6 Å². The van der Waals surface area contributed by atoms with Crippen molar-refractivity contribution in [2.45, 2.75) is 44.9 Å². The summed E-state index contributed by atoms with van der Waals surface area (Å²) in [5.41, 5.74) is 3.72. The van der Waals surface area contributed by atoms with Gasteiger partial charge in [0.15, 0.2) is 0 Å². The van der Waals surface area contributed by atoms with E-state index in [2.05, 4.69) is 16.6 Å². The summed E-state index contributed by atoms with van der Waals surface area (Å²) in [6.07, 6.45) is -2.30. The van der Waals surface area contributed by atoms with Crippen molar-refractivity contribution in [2.75, 3.05) is 0 Å². The number of ether oxygens (including phenoxy) is 1. The summed E-state index contributed by atoms with van der Waals surface area (Å²) in [5.74, 6) is 4.59. The molecule has 3 aromatic carbocycles. The fraction of sp³-hybridized carbons (Fsp3) is 0.259. The Hall–Kier alpha value is -3.33. The third-order valence-electron chi connectivity index (χ3n) is 5.89. The van der Waals surface area contributed by atoms with Gasteiger partial charge in [0.1, 0.15) is 17.4 Å². The number of aryl methyl sites for hydroxylation is 1. The zero-order valence-electron chi connectivity index (χ0n) is 17.9. The van der Waals surface area contributed by atoms with Crippen molar-refractivity contribution < 1.29 is 26.7 Å². The molecule has 0 aliphatic heterocycles. The largest absolute Gasteiger partial charge is 0.573 e. The summed E-state index contributed by atoms with van der Waals surface area (Å²) < 4.78 is 70.2. The molecule has 0 bridgehead atoms. The molecule has 170 valence electrons. The molecule has 4 rings (SSSR count). The molecule has 1 atom stereocenters. The molecule has 0 amide bonds. The van der Waals surface area contributed by atoms with Gasteiger partial charge >= 0.3 is 6.36 Å². The molecule has 3 aromatic rings. The molecule has 0 saturated carbocycles. The van der Waals surface area contributed by atoms with Gasteiger partial charge in [0.25, 0.3) is 0 Å².